The van der Waals surface area contributed by atoms with Gasteiger partial charge in [0, 0.05) is 6.42 Å². The van der Waals surface area contributed by atoms with Gasteiger partial charge in [-0.3, -0.25) is 0 Å². The summed E-state index contributed by atoms with van der Waals surface area (Å²) < 4.78 is 35.4. The Bertz CT molecular complexity index is 170. The summed E-state index contributed by atoms with van der Waals surface area (Å²) in [5, 5.41) is 3.06. The van der Waals surface area contributed by atoms with Gasteiger partial charge in [0.1, 0.15) is 0 Å². The topological polar surface area (TPSA) is 12.0 Å². The molecule has 0 saturated heterocycles. The molecule has 1 nitrogen and oxygen atoms in total. The monoisotopic (exact) mass is 225 g/mol. The molecule has 1 atom stereocenters. The quantitative estimate of drug-likeness (QED) is 0.705. The Morgan fingerprint density at radius 3 is 2.07 bits per heavy atom. The van der Waals surface area contributed by atoms with E-state index < -0.39 is 12.6 Å². The Balaban J connectivity index is 3.48. The molecule has 1 unspecified atom stereocenters. The largest absolute Gasteiger partial charge is 0.389 e. The Morgan fingerprint density at radius 2 is 1.67 bits per heavy atom. The predicted octanol–water partition coefficient (Wildman–Crippen LogP) is 3.60. The van der Waals surface area contributed by atoms with Crippen LogP contribution >= 0.6 is 0 Å². The summed E-state index contributed by atoms with van der Waals surface area (Å²) in [5.41, 5.74) is 0.205. The Morgan fingerprint density at radius 1 is 1.13 bits per heavy atom. The molecule has 0 radical (unpaired) electrons. The summed E-state index contributed by atoms with van der Waals surface area (Å²) in [4.78, 5) is 0. The molecule has 0 aromatic heterocycles. The van der Waals surface area contributed by atoms with Crippen LogP contribution in [-0.4, -0.2) is 19.3 Å². The first-order valence-electron chi connectivity index (χ1n) is 5.40. The molecule has 0 bridgehead atoms. The maximum absolute atomic E-state index is 11.8. The lowest BCUT2D eigenvalue weighted by Gasteiger charge is -2.27. The van der Waals surface area contributed by atoms with E-state index in [9.17, 15) is 13.2 Å². The van der Waals surface area contributed by atoms with E-state index in [2.05, 4.69) is 33.0 Å². The van der Waals surface area contributed by atoms with Crippen LogP contribution in [-0.2, 0) is 0 Å². The van der Waals surface area contributed by atoms with Gasteiger partial charge in [0.15, 0.2) is 0 Å². The molecular formula is C11H22F3N. The number of nitrogens with one attached hydrogen (secondary N) is 1. The van der Waals surface area contributed by atoms with Crippen LogP contribution in [0.1, 0.15) is 40.5 Å². The zero-order chi connectivity index (χ0) is 12.1. The summed E-state index contributed by atoms with van der Waals surface area (Å²) in [6, 6.07) is 0. The van der Waals surface area contributed by atoms with Crippen LogP contribution in [0.2, 0.25) is 0 Å². The van der Waals surface area contributed by atoms with Crippen LogP contribution < -0.4 is 5.32 Å². The van der Waals surface area contributed by atoms with Gasteiger partial charge in [0.05, 0.1) is 0 Å². The highest BCUT2D eigenvalue weighted by molar-refractivity contribution is 4.71. The molecule has 0 fully saturated rings. The lowest BCUT2D eigenvalue weighted by atomic mass is 9.82. The van der Waals surface area contributed by atoms with E-state index in [1.54, 1.807) is 0 Å². The molecule has 92 valence electrons. The second-order valence-corrected chi connectivity index (χ2v) is 5.19. The van der Waals surface area contributed by atoms with Gasteiger partial charge in [-0.25, -0.2) is 0 Å². The van der Waals surface area contributed by atoms with Crippen molar-refractivity contribution >= 4 is 0 Å². The third kappa shape index (κ3) is 8.73. The smallest absolute Gasteiger partial charge is 0.316 e. The van der Waals surface area contributed by atoms with Crippen LogP contribution in [0.15, 0.2) is 0 Å². The normalized spacial score (nSPS) is 15.4. The minimum atomic E-state index is -4.02. The molecule has 0 spiro atoms. The van der Waals surface area contributed by atoms with Crippen LogP contribution in [0.5, 0.6) is 0 Å². The molecule has 0 aliphatic heterocycles. The lowest BCUT2D eigenvalue weighted by molar-refractivity contribution is -0.135. The van der Waals surface area contributed by atoms with E-state index in [1.807, 2.05) is 0 Å². The lowest BCUT2D eigenvalue weighted by Crippen LogP contribution is -2.30. The second-order valence-electron chi connectivity index (χ2n) is 5.19. The molecule has 0 heterocycles. The number of hydrogen-bond donors (Lipinski definition) is 1. The highest BCUT2D eigenvalue weighted by Gasteiger charge is 2.26. The maximum atomic E-state index is 11.8. The van der Waals surface area contributed by atoms with Gasteiger partial charge >= 0.3 is 6.18 Å². The summed E-state index contributed by atoms with van der Waals surface area (Å²) in [6.07, 6.45) is -4.54. The molecule has 1 N–H and O–H groups in total. The maximum Gasteiger partial charge on any atom is 0.389 e. The van der Waals surface area contributed by atoms with Crippen LogP contribution in [0, 0.1) is 11.3 Å². The number of hydrogen-bond acceptors (Lipinski definition) is 1. The molecule has 0 aromatic carbocycles. The average Bonchev–Trinajstić information content (AvgIpc) is 1.99. The van der Waals surface area contributed by atoms with Crippen molar-refractivity contribution in [1.82, 2.24) is 5.32 Å². The van der Waals surface area contributed by atoms with Gasteiger partial charge in [-0.1, -0.05) is 27.7 Å². The van der Waals surface area contributed by atoms with Gasteiger partial charge in [-0.05, 0) is 30.8 Å². The highest BCUT2D eigenvalue weighted by atomic mass is 19.4. The zero-order valence-corrected chi connectivity index (χ0v) is 10.0. The fourth-order valence-electron chi connectivity index (χ4n) is 1.04. The van der Waals surface area contributed by atoms with Crippen molar-refractivity contribution in [3.63, 3.8) is 0 Å². The van der Waals surface area contributed by atoms with E-state index in [-0.39, 0.29) is 11.8 Å². The summed E-state index contributed by atoms with van der Waals surface area (Å²) in [7, 11) is 0. The molecule has 0 amide bonds. The van der Waals surface area contributed by atoms with Crippen molar-refractivity contribution < 1.29 is 13.2 Å². The van der Waals surface area contributed by atoms with Crippen molar-refractivity contribution in [3.05, 3.63) is 0 Å². The molecule has 0 aliphatic rings. The molecule has 4 heteroatoms. The minimum Gasteiger partial charge on any atom is -0.316 e. The van der Waals surface area contributed by atoms with E-state index in [0.717, 1.165) is 6.54 Å². The summed E-state index contributed by atoms with van der Waals surface area (Å²) in [5.74, 6) is 0.461. The third-order valence-electron chi connectivity index (χ3n) is 2.74. The van der Waals surface area contributed by atoms with Gasteiger partial charge < -0.3 is 5.32 Å². The van der Waals surface area contributed by atoms with Crippen molar-refractivity contribution in [2.24, 2.45) is 11.3 Å². The zero-order valence-electron chi connectivity index (χ0n) is 10.0. The molecule has 0 rings (SSSR count). The summed E-state index contributed by atoms with van der Waals surface area (Å²) >= 11 is 0. The molecule has 15 heavy (non-hydrogen) atoms. The van der Waals surface area contributed by atoms with Gasteiger partial charge in [-0.2, -0.15) is 13.2 Å². The number of alkyl halides is 3. The van der Waals surface area contributed by atoms with Gasteiger partial charge in [0.25, 0.3) is 0 Å². The SMILES string of the molecule is CC(CNCCCC(F)(F)F)C(C)(C)C. The van der Waals surface area contributed by atoms with E-state index >= 15 is 0 Å². The first-order chi connectivity index (χ1) is 6.63. The van der Waals surface area contributed by atoms with E-state index in [0.29, 0.717) is 12.5 Å². The van der Waals surface area contributed by atoms with Crippen LogP contribution in [0.3, 0.4) is 0 Å². The fraction of sp³-hybridized carbons (Fsp3) is 1.00. The molecule has 0 saturated carbocycles. The van der Waals surface area contributed by atoms with E-state index in [4.69, 9.17) is 0 Å². The first kappa shape index (κ1) is 14.8. The average molecular weight is 225 g/mol. The number of halogens is 3. The minimum absolute atomic E-state index is 0.167. The van der Waals surface area contributed by atoms with Crippen LogP contribution in [0.4, 0.5) is 13.2 Å². The Labute approximate surface area is 90.4 Å². The van der Waals surface area contributed by atoms with Crippen molar-refractivity contribution in [2.75, 3.05) is 13.1 Å². The number of rotatable bonds is 5. The second kappa shape index (κ2) is 5.73. The molecular weight excluding hydrogens is 203 g/mol. The van der Waals surface area contributed by atoms with Crippen molar-refractivity contribution in [2.45, 2.75) is 46.7 Å². The highest BCUT2D eigenvalue weighted by Crippen LogP contribution is 2.24. The van der Waals surface area contributed by atoms with E-state index in [1.165, 1.54) is 0 Å². The fourth-order valence-corrected chi connectivity index (χ4v) is 1.04. The Kier molecular flexibility index (Phi) is 5.63. The first-order valence-corrected chi connectivity index (χ1v) is 5.40. The Hall–Kier alpha value is -0.250. The predicted molar refractivity (Wildman–Crippen MR) is 56.8 cm³/mol. The van der Waals surface area contributed by atoms with Gasteiger partial charge in [-0.15, -0.1) is 0 Å². The van der Waals surface area contributed by atoms with Crippen molar-refractivity contribution in [1.29, 1.82) is 0 Å². The van der Waals surface area contributed by atoms with Crippen LogP contribution in [0.25, 0.3) is 0 Å². The molecule has 0 aliphatic carbocycles. The standard InChI is InChI=1S/C11H22F3N/c1-9(10(2,3)4)8-15-7-5-6-11(12,13)14/h9,15H,5-8H2,1-4H3. The van der Waals surface area contributed by atoms with Crippen molar-refractivity contribution in [3.8, 4) is 0 Å². The third-order valence-corrected chi connectivity index (χ3v) is 2.74. The molecule has 0 aromatic rings. The van der Waals surface area contributed by atoms with Gasteiger partial charge in [0.2, 0.25) is 0 Å². The summed E-state index contributed by atoms with van der Waals surface area (Å²) in [6.45, 7) is 9.73.